The van der Waals surface area contributed by atoms with E-state index in [0.29, 0.717) is 13.1 Å². The molecule has 0 aliphatic carbocycles. The zero-order valence-electron chi connectivity index (χ0n) is 13.9. The highest BCUT2D eigenvalue weighted by Crippen LogP contribution is 2.28. The summed E-state index contributed by atoms with van der Waals surface area (Å²) in [6.07, 6.45) is 1.50. The summed E-state index contributed by atoms with van der Waals surface area (Å²) in [7, 11) is 0. The second kappa shape index (κ2) is 7.83. The number of rotatable bonds is 4. The van der Waals surface area contributed by atoms with E-state index in [4.69, 9.17) is 9.84 Å². The van der Waals surface area contributed by atoms with Crippen molar-refractivity contribution in [3.05, 3.63) is 71.3 Å². The summed E-state index contributed by atoms with van der Waals surface area (Å²) in [6.45, 7) is 1.48. The molecule has 0 spiro atoms. The van der Waals surface area contributed by atoms with E-state index < -0.39 is 5.97 Å². The lowest BCUT2D eigenvalue weighted by molar-refractivity contribution is 0.0695. The lowest BCUT2D eigenvalue weighted by Crippen LogP contribution is -2.39. The number of nitrogens with zero attached hydrogens (tertiary/aromatic N) is 1. The molecule has 1 unspecified atom stereocenters. The first-order valence-corrected chi connectivity index (χ1v) is 8.42. The lowest BCUT2D eigenvalue weighted by atomic mass is 9.90. The molecule has 1 aliphatic rings. The second-order valence-corrected chi connectivity index (χ2v) is 6.26. The molecule has 1 saturated heterocycles. The van der Waals surface area contributed by atoms with Gasteiger partial charge in [0.25, 0.3) is 0 Å². The number of piperidine rings is 1. The number of carbonyl (C=O) groups is 2. The van der Waals surface area contributed by atoms with Crippen molar-refractivity contribution in [2.75, 3.05) is 13.1 Å². The fraction of sp³-hybridized carbons (Fsp3) is 0.300. The minimum Gasteiger partial charge on any atom is -0.478 e. The molecule has 5 heteroatoms. The third-order valence-corrected chi connectivity index (χ3v) is 4.49. The highest BCUT2D eigenvalue weighted by Gasteiger charge is 2.26. The zero-order valence-corrected chi connectivity index (χ0v) is 13.9. The number of benzene rings is 2. The molecule has 1 fully saturated rings. The molecule has 5 nitrogen and oxygen atoms in total. The number of ether oxygens (including phenoxy) is 1. The maximum atomic E-state index is 12.3. The van der Waals surface area contributed by atoms with Gasteiger partial charge >= 0.3 is 12.1 Å². The summed E-state index contributed by atoms with van der Waals surface area (Å²) in [5.74, 6) is -0.797. The van der Waals surface area contributed by atoms with E-state index in [0.717, 1.165) is 24.0 Å². The first-order chi connectivity index (χ1) is 12.1. The van der Waals surface area contributed by atoms with Crippen molar-refractivity contribution in [3.63, 3.8) is 0 Å². The molecule has 0 aromatic heterocycles. The van der Waals surface area contributed by atoms with Crippen molar-refractivity contribution in [3.8, 4) is 0 Å². The van der Waals surface area contributed by atoms with Gasteiger partial charge in [0, 0.05) is 19.0 Å². The standard InChI is InChI=1S/C20H21NO4/c22-19(23)17-9-4-8-16(12-17)18-10-5-11-21(13-18)20(24)25-14-15-6-2-1-3-7-15/h1-4,6-9,12,18H,5,10-11,13-14H2,(H,22,23). The predicted molar refractivity (Wildman–Crippen MR) is 93.6 cm³/mol. The number of hydrogen-bond acceptors (Lipinski definition) is 3. The molecule has 25 heavy (non-hydrogen) atoms. The molecular formula is C20H21NO4. The van der Waals surface area contributed by atoms with Gasteiger partial charge in [0.15, 0.2) is 0 Å². The van der Waals surface area contributed by atoms with E-state index in [9.17, 15) is 9.59 Å². The van der Waals surface area contributed by atoms with E-state index in [2.05, 4.69) is 0 Å². The first kappa shape index (κ1) is 17.0. The third kappa shape index (κ3) is 4.38. The van der Waals surface area contributed by atoms with Crippen LogP contribution in [0, 0.1) is 0 Å². The van der Waals surface area contributed by atoms with Crippen molar-refractivity contribution in [1.82, 2.24) is 4.90 Å². The second-order valence-electron chi connectivity index (χ2n) is 6.26. The summed E-state index contributed by atoms with van der Waals surface area (Å²) >= 11 is 0. The third-order valence-electron chi connectivity index (χ3n) is 4.49. The smallest absolute Gasteiger partial charge is 0.410 e. The number of likely N-dealkylation sites (tertiary alicyclic amines) is 1. The largest absolute Gasteiger partial charge is 0.478 e. The van der Waals surface area contributed by atoms with Crippen molar-refractivity contribution in [2.24, 2.45) is 0 Å². The van der Waals surface area contributed by atoms with E-state index in [1.165, 1.54) is 0 Å². The SMILES string of the molecule is O=C(O)c1cccc(C2CCCN(C(=O)OCc3ccccc3)C2)c1. The molecular weight excluding hydrogens is 318 g/mol. The average molecular weight is 339 g/mol. The number of amides is 1. The van der Waals surface area contributed by atoms with Crippen LogP contribution >= 0.6 is 0 Å². The maximum Gasteiger partial charge on any atom is 0.410 e. The fourth-order valence-electron chi connectivity index (χ4n) is 3.15. The van der Waals surface area contributed by atoms with E-state index in [1.54, 1.807) is 23.1 Å². The van der Waals surface area contributed by atoms with Crippen LogP contribution in [0.5, 0.6) is 0 Å². The fourth-order valence-corrected chi connectivity index (χ4v) is 3.15. The van der Waals surface area contributed by atoms with Crippen LogP contribution in [0.1, 0.15) is 40.2 Å². The van der Waals surface area contributed by atoms with E-state index >= 15 is 0 Å². The molecule has 1 aliphatic heterocycles. The molecule has 1 heterocycles. The minimum absolute atomic E-state index is 0.136. The molecule has 2 aromatic carbocycles. The van der Waals surface area contributed by atoms with Crippen LogP contribution in [0.15, 0.2) is 54.6 Å². The first-order valence-electron chi connectivity index (χ1n) is 8.42. The number of hydrogen-bond donors (Lipinski definition) is 1. The van der Waals surface area contributed by atoms with E-state index in [1.807, 2.05) is 36.4 Å². The summed E-state index contributed by atoms with van der Waals surface area (Å²) in [4.78, 5) is 25.2. The van der Waals surface area contributed by atoms with Gasteiger partial charge in [-0.1, -0.05) is 42.5 Å². The Labute approximate surface area is 146 Å². The Morgan fingerprint density at radius 2 is 1.92 bits per heavy atom. The number of aromatic carboxylic acids is 1. The molecule has 1 atom stereocenters. The predicted octanol–water partition coefficient (Wildman–Crippen LogP) is 3.90. The quantitative estimate of drug-likeness (QED) is 0.917. The van der Waals surface area contributed by atoms with Gasteiger partial charge < -0.3 is 14.7 Å². The van der Waals surface area contributed by atoms with Crippen LogP contribution in [0.3, 0.4) is 0 Å². The summed E-state index contributed by atoms with van der Waals surface area (Å²) in [5, 5.41) is 9.14. The summed E-state index contributed by atoms with van der Waals surface area (Å²) < 4.78 is 5.41. The van der Waals surface area contributed by atoms with Crippen LogP contribution < -0.4 is 0 Å². The molecule has 130 valence electrons. The molecule has 1 amide bonds. The van der Waals surface area contributed by atoms with Crippen LogP contribution in [-0.4, -0.2) is 35.2 Å². The van der Waals surface area contributed by atoms with Gasteiger partial charge in [-0.25, -0.2) is 9.59 Å². The van der Waals surface area contributed by atoms with Gasteiger partial charge in [-0.2, -0.15) is 0 Å². The van der Waals surface area contributed by atoms with Crippen molar-refractivity contribution in [1.29, 1.82) is 0 Å². The summed E-state index contributed by atoms with van der Waals surface area (Å²) in [5.41, 5.74) is 2.19. The van der Waals surface area contributed by atoms with Gasteiger partial charge in [0.05, 0.1) is 5.56 Å². The van der Waals surface area contributed by atoms with Crippen LogP contribution in [-0.2, 0) is 11.3 Å². The van der Waals surface area contributed by atoms with Gasteiger partial charge in [0.2, 0.25) is 0 Å². The molecule has 3 rings (SSSR count). The van der Waals surface area contributed by atoms with Crippen molar-refractivity contribution >= 4 is 12.1 Å². The minimum atomic E-state index is -0.934. The molecule has 2 aromatic rings. The Hall–Kier alpha value is -2.82. The Bertz CT molecular complexity index is 744. The van der Waals surface area contributed by atoms with Crippen LogP contribution in [0.2, 0.25) is 0 Å². The van der Waals surface area contributed by atoms with Crippen LogP contribution in [0.4, 0.5) is 4.79 Å². The number of carboxylic acids is 1. The highest BCUT2D eigenvalue weighted by molar-refractivity contribution is 5.87. The molecule has 0 radical (unpaired) electrons. The average Bonchev–Trinajstić information content (AvgIpc) is 2.67. The normalized spacial score (nSPS) is 17.1. The van der Waals surface area contributed by atoms with E-state index in [-0.39, 0.29) is 24.2 Å². The lowest BCUT2D eigenvalue weighted by Gasteiger charge is -2.32. The van der Waals surface area contributed by atoms with Crippen LogP contribution in [0.25, 0.3) is 0 Å². The highest BCUT2D eigenvalue weighted by atomic mass is 16.6. The molecule has 0 bridgehead atoms. The van der Waals surface area contributed by atoms with Gasteiger partial charge in [-0.15, -0.1) is 0 Å². The monoisotopic (exact) mass is 339 g/mol. The van der Waals surface area contributed by atoms with Gasteiger partial charge in [-0.05, 0) is 36.1 Å². The topological polar surface area (TPSA) is 66.8 Å². The Morgan fingerprint density at radius 3 is 2.68 bits per heavy atom. The Morgan fingerprint density at radius 1 is 1.12 bits per heavy atom. The number of carboxylic acid groups (broad SMARTS) is 1. The molecule has 1 N–H and O–H groups in total. The van der Waals surface area contributed by atoms with Crippen molar-refractivity contribution < 1.29 is 19.4 Å². The maximum absolute atomic E-state index is 12.3. The van der Waals surface area contributed by atoms with Gasteiger partial charge in [-0.3, -0.25) is 0 Å². The zero-order chi connectivity index (χ0) is 17.6. The van der Waals surface area contributed by atoms with Gasteiger partial charge in [0.1, 0.15) is 6.61 Å². The Balaban J connectivity index is 1.61. The molecule has 0 saturated carbocycles. The van der Waals surface area contributed by atoms with Crippen molar-refractivity contribution in [2.45, 2.75) is 25.4 Å². The Kier molecular flexibility index (Phi) is 5.33. The summed E-state index contributed by atoms with van der Waals surface area (Å²) in [6, 6.07) is 16.6. The number of carbonyl (C=O) groups excluding carboxylic acids is 1.